The van der Waals surface area contributed by atoms with Gasteiger partial charge in [0.25, 0.3) is 5.91 Å². The minimum absolute atomic E-state index is 0.0621. The maximum absolute atomic E-state index is 14.3. The average Bonchev–Trinajstić information content (AvgIpc) is 3.38. The normalized spacial score (nSPS) is 22.3. The molecule has 1 spiro atoms. The quantitative estimate of drug-likeness (QED) is 0.476. The number of fused-ring (bicyclic) bond motifs is 2. The van der Waals surface area contributed by atoms with Crippen molar-refractivity contribution < 1.29 is 9.59 Å². The molecule has 3 aliphatic rings. The first-order chi connectivity index (χ1) is 18.0. The van der Waals surface area contributed by atoms with Crippen LogP contribution in [0.2, 0.25) is 5.02 Å². The molecule has 0 aliphatic carbocycles. The molecule has 0 bridgehead atoms. The highest BCUT2D eigenvalue weighted by Crippen LogP contribution is 2.55. The Bertz CT molecular complexity index is 1340. The first-order valence-corrected chi connectivity index (χ1v) is 14.0. The molecule has 3 aromatic rings. The fraction of sp³-hybridized carbons (Fsp3) is 0.310. The lowest BCUT2D eigenvalue weighted by Crippen LogP contribution is -2.54. The largest absolute Gasteiger partial charge is 0.297 e. The number of benzene rings is 3. The number of carbonyl (C=O) groups is 2. The number of para-hydroxylation sites is 1. The highest BCUT2D eigenvalue weighted by molar-refractivity contribution is 8.02. The molecule has 1 atom stereocenters. The molecule has 190 valence electrons. The number of carbonyl (C=O) groups excluding carboxylic acids is 2. The molecule has 2 amide bonds. The molecule has 8 heteroatoms. The fourth-order valence-electron chi connectivity index (χ4n) is 5.55. The van der Waals surface area contributed by atoms with E-state index in [1.54, 1.807) is 11.0 Å². The van der Waals surface area contributed by atoms with Crippen LogP contribution in [0, 0.1) is 6.92 Å². The highest BCUT2D eigenvalue weighted by Gasteiger charge is 2.61. The zero-order valence-corrected chi connectivity index (χ0v) is 22.3. The number of piperazine rings is 1. The van der Waals surface area contributed by atoms with Gasteiger partial charge < -0.3 is 0 Å². The molecule has 0 unspecified atom stereocenters. The SMILES string of the molecule is Cc1ccc(N2C(=O)CS[C@]23C(=O)N(CN2CCN(Cc4ccccc4)CC2)c2ccccc23)cc1Cl. The second kappa shape index (κ2) is 9.80. The van der Waals surface area contributed by atoms with E-state index in [-0.39, 0.29) is 17.6 Å². The van der Waals surface area contributed by atoms with Gasteiger partial charge in [0, 0.05) is 49.0 Å². The van der Waals surface area contributed by atoms with Gasteiger partial charge in [0.1, 0.15) is 0 Å². The summed E-state index contributed by atoms with van der Waals surface area (Å²) in [6.45, 7) is 7.05. The number of hydrogen-bond donors (Lipinski definition) is 0. The standard InChI is InChI=1S/C29H29ClN4O2S/c1-21-11-12-23(17-25(21)30)34-27(35)19-37-29(34)24-9-5-6-10-26(24)33(28(29)36)20-32-15-13-31(14-16-32)18-22-7-3-2-4-8-22/h2-12,17H,13-16,18-20H2,1H3/t29-/m1/s1. The smallest absolute Gasteiger partial charge is 0.269 e. The average molecular weight is 533 g/mol. The fourth-order valence-corrected chi connectivity index (χ4v) is 7.08. The van der Waals surface area contributed by atoms with E-state index in [2.05, 4.69) is 34.1 Å². The molecule has 6 rings (SSSR count). The third-order valence-corrected chi connectivity index (χ3v) is 9.33. The van der Waals surface area contributed by atoms with Gasteiger partial charge in [-0.15, -0.1) is 11.8 Å². The van der Waals surface area contributed by atoms with Crippen molar-refractivity contribution in [3.8, 4) is 0 Å². The number of aryl methyl sites for hydroxylation is 1. The van der Waals surface area contributed by atoms with Crippen molar-refractivity contribution in [3.63, 3.8) is 0 Å². The molecule has 3 heterocycles. The molecular formula is C29H29ClN4O2S. The lowest BCUT2D eigenvalue weighted by Gasteiger charge is -2.37. The minimum Gasteiger partial charge on any atom is -0.297 e. The van der Waals surface area contributed by atoms with Crippen LogP contribution in [0.4, 0.5) is 11.4 Å². The first kappa shape index (κ1) is 24.5. The van der Waals surface area contributed by atoms with E-state index in [9.17, 15) is 9.59 Å². The van der Waals surface area contributed by atoms with Crippen molar-refractivity contribution in [3.05, 3.63) is 94.5 Å². The molecule has 0 aromatic heterocycles. The predicted octanol–water partition coefficient (Wildman–Crippen LogP) is 4.70. The van der Waals surface area contributed by atoms with Crippen LogP contribution in [-0.2, 0) is 21.0 Å². The number of rotatable bonds is 5. The van der Waals surface area contributed by atoms with E-state index in [0.29, 0.717) is 17.4 Å². The summed E-state index contributed by atoms with van der Waals surface area (Å²) in [5.74, 6) is 0.106. The van der Waals surface area contributed by atoms with Gasteiger partial charge in [0.05, 0.1) is 18.1 Å². The number of anilines is 2. The molecule has 6 nitrogen and oxygen atoms in total. The maximum atomic E-state index is 14.3. The maximum Gasteiger partial charge on any atom is 0.269 e. The van der Waals surface area contributed by atoms with Crippen molar-refractivity contribution >= 4 is 46.6 Å². The molecular weight excluding hydrogens is 504 g/mol. The Labute approximate surface area is 226 Å². The van der Waals surface area contributed by atoms with Crippen molar-refractivity contribution in [2.24, 2.45) is 0 Å². The summed E-state index contributed by atoms with van der Waals surface area (Å²) in [6, 6.07) is 24.0. The molecule has 0 radical (unpaired) electrons. The number of halogens is 1. The number of nitrogens with zero attached hydrogens (tertiary/aromatic N) is 4. The zero-order chi connectivity index (χ0) is 25.6. The Morgan fingerprint density at radius 2 is 1.59 bits per heavy atom. The first-order valence-electron chi connectivity index (χ1n) is 12.6. The second-order valence-electron chi connectivity index (χ2n) is 9.87. The van der Waals surface area contributed by atoms with Crippen LogP contribution in [0.1, 0.15) is 16.7 Å². The Balaban J connectivity index is 1.25. The Morgan fingerprint density at radius 3 is 2.35 bits per heavy atom. The van der Waals surface area contributed by atoms with E-state index in [1.165, 1.54) is 17.3 Å². The Hall–Kier alpha value is -2.84. The summed E-state index contributed by atoms with van der Waals surface area (Å²) < 4.78 is 0. The van der Waals surface area contributed by atoms with Gasteiger partial charge in [-0.1, -0.05) is 66.2 Å². The third-order valence-electron chi connectivity index (χ3n) is 7.53. The van der Waals surface area contributed by atoms with Gasteiger partial charge in [-0.05, 0) is 36.2 Å². The molecule has 37 heavy (non-hydrogen) atoms. The van der Waals surface area contributed by atoms with E-state index < -0.39 is 4.87 Å². The van der Waals surface area contributed by atoms with Crippen molar-refractivity contribution in [2.45, 2.75) is 18.3 Å². The molecule has 3 aliphatic heterocycles. The second-order valence-corrected chi connectivity index (χ2v) is 11.4. The van der Waals surface area contributed by atoms with Gasteiger partial charge in [-0.3, -0.25) is 29.2 Å². The summed E-state index contributed by atoms with van der Waals surface area (Å²) in [5.41, 5.74) is 4.66. The van der Waals surface area contributed by atoms with Crippen LogP contribution < -0.4 is 9.80 Å². The van der Waals surface area contributed by atoms with Crippen molar-refractivity contribution in [1.29, 1.82) is 0 Å². The van der Waals surface area contributed by atoms with Gasteiger partial charge >= 0.3 is 0 Å². The number of amides is 2. The van der Waals surface area contributed by atoms with Gasteiger partial charge in [-0.25, -0.2) is 0 Å². The summed E-state index contributed by atoms with van der Waals surface area (Å²) >= 11 is 7.85. The summed E-state index contributed by atoms with van der Waals surface area (Å²) in [4.78, 5) is 34.8. The van der Waals surface area contributed by atoms with E-state index in [1.807, 2.05) is 54.3 Å². The predicted molar refractivity (Wildman–Crippen MR) is 150 cm³/mol. The molecule has 2 saturated heterocycles. The molecule has 0 saturated carbocycles. The van der Waals surface area contributed by atoms with Crippen LogP contribution in [0.3, 0.4) is 0 Å². The van der Waals surface area contributed by atoms with Crippen LogP contribution in [0.5, 0.6) is 0 Å². The van der Waals surface area contributed by atoms with Crippen molar-refractivity contribution in [2.75, 3.05) is 48.4 Å². The van der Waals surface area contributed by atoms with Gasteiger partial charge in [-0.2, -0.15) is 0 Å². The third kappa shape index (κ3) is 4.24. The molecule has 2 fully saturated rings. The molecule has 0 N–H and O–H groups in total. The van der Waals surface area contributed by atoms with E-state index in [0.717, 1.165) is 49.5 Å². The zero-order valence-electron chi connectivity index (χ0n) is 20.8. The summed E-state index contributed by atoms with van der Waals surface area (Å²) in [6.07, 6.45) is 0. The van der Waals surface area contributed by atoms with Crippen LogP contribution in [0.25, 0.3) is 0 Å². The van der Waals surface area contributed by atoms with Crippen LogP contribution in [0.15, 0.2) is 72.8 Å². The highest BCUT2D eigenvalue weighted by atomic mass is 35.5. The number of thioether (sulfide) groups is 1. The lowest BCUT2D eigenvalue weighted by atomic mass is 10.0. The van der Waals surface area contributed by atoms with E-state index >= 15 is 0 Å². The summed E-state index contributed by atoms with van der Waals surface area (Å²) in [5, 5.41) is 0.585. The van der Waals surface area contributed by atoms with Crippen LogP contribution in [-0.4, -0.2) is 60.2 Å². The minimum atomic E-state index is -1.11. The van der Waals surface area contributed by atoms with Crippen LogP contribution >= 0.6 is 23.4 Å². The topological polar surface area (TPSA) is 47.1 Å². The number of hydrogen-bond acceptors (Lipinski definition) is 5. The van der Waals surface area contributed by atoms with E-state index in [4.69, 9.17) is 11.6 Å². The lowest BCUT2D eigenvalue weighted by molar-refractivity contribution is -0.124. The Kier molecular flexibility index (Phi) is 6.49. The van der Waals surface area contributed by atoms with Crippen molar-refractivity contribution in [1.82, 2.24) is 9.80 Å². The van der Waals surface area contributed by atoms with Gasteiger partial charge in [0.2, 0.25) is 10.8 Å². The molecule has 3 aromatic carbocycles. The van der Waals surface area contributed by atoms with Gasteiger partial charge in [0.15, 0.2) is 0 Å². The Morgan fingerprint density at radius 1 is 0.892 bits per heavy atom. The summed E-state index contributed by atoms with van der Waals surface area (Å²) in [7, 11) is 0. The monoisotopic (exact) mass is 532 g/mol.